The standard InChI is InChI=1S/C23H32F2N2O5/c1-14(2)15(3)12-23(24,25)22(29)27-9-7-8-17(13-27)26-21(28)16-10-18(30-4)20(32-6)19(11-16)31-5/h10-11,14,17H,3,7-9,12-13H2,1-2,4-6H3,(H,26,28). The minimum Gasteiger partial charge on any atom is -0.493 e. The largest absolute Gasteiger partial charge is 0.493 e. The first kappa shape index (κ1) is 25.4. The van der Waals surface area contributed by atoms with E-state index in [1.165, 1.54) is 33.5 Å². The lowest BCUT2D eigenvalue weighted by molar-refractivity contribution is -0.158. The highest BCUT2D eigenvalue weighted by molar-refractivity contribution is 5.96. The van der Waals surface area contributed by atoms with E-state index in [1.807, 2.05) is 0 Å². The Morgan fingerprint density at radius 1 is 1.19 bits per heavy atom. The number of hydrogen-bond acceptors (Lipinski definition) is 5. The number of methoxy groups -OCH3 is 3. The Morgan fingerprint density at radius 2 is 1.78 bits per heavy atom. The Kier molecular flexibility index (Phi) is 8.46. The van der Waals surface area contributed by atoms with Crippen LogP contribution in [0.3, 0.4) is 0 Å². The van der Waals surface area contributed by atoms with E-state index in [-0.39, 0.29) is 24.6 Å². The van der Waals surface area contributed by atoms with Gasteiger partial charge in [-0.15, -0.1) is 0 Å². The van der Waals surface area contributed by atoms with Gasteiger partial charge in [0.15, 0.2) is 11.5 Å². The zero-order valence-electron chi connectivity index (χ0n) is 19.3. The molecule has 1 N–H and O–H groups in total. The van der Waals surface area contributed by atoms with Crippen molar-refractivity contribution in [2.75, 3.05) is 34.4 Å². The van der Waals surface area contributed by atoms with Crippen LogP contribution in [0.4, 0.5) is 8.78 Å². The van der Waals surface area contributed by atoms with Crippen LogP contribution in [-0.4, -0.2) is 63.1 Å². The summed E-state index contributed by atoms with van der Waals surface area (Å²) in [5.74, 6) is -4.32. The zero-order chi connectivity index (χ0) is 24.1. The zero-order valence-corrected chi connectivity index (χ0v) is 19.3. The summed E-state index contributed by atoms with van der Waals surface area (Å²) in [6.07, 6.45) is 0.403. The van der Waals surface area contributed by atoms with Gasteiger partial charge in [-0.25, -0.2) is 0 Å². The molecule has 178 valence electrons. The minimum absolute atomic E-state index is 0.0126. The summed E-state index contributed by atoms with van der Waals surface area (Å²) in [4.78, 5) is 26.4. The van der Waals surface area contributed by atoms with Gasteiger partial charge < -0.3 is 24.4 Å². The molecular formula is C23H32F2N2O5. The number of amides is 2. The molecule has 1 atom stereocenters. The van der Waals surface area contributed by atoms with Gasteiger partial charge in [0.25, 0.3) is 11.8 Å². The van der Waals surface area contributed by atoms with E-state index < -0.39 is 30.2 Å². The van der Waals surface area contributed by atoms with Gasteiger partial charge in [0.1, 0.15) is 0 Å². The second-order valence-electron chi connectivity index (χ2n) is 8.17. The number of carbonyl (C=O) groups excluding carboxylic acids is 2. The lowest BCUT2D eigenvalue weighted by Gasteiger charge is -2.35. The van der Waals surface area contributed by atoms with Gasteiger partial charge >= 0.3 is 5.92 Å². The van der Waals surface area contributed by atoms with Crippen molar-refractivity contribution >= 4 is 11.8 Å². The molecule has 32 heavy (non-hydrogen) atoms. The first-order valence-electron chi connectivity index (χ1n) is 10.5. The molecule has 0 spiro atoms. The summed E-state index contributed by atoms with van der Waals surface area (Å²) in [6, 6.07) is 2.56. The molecule has 1 aliphatic heterocycles. The van der Waals surface area contributed by atoms with Gasteiger partial charge in [-0.05, 0) is 30.9 Å². The summed E-state index contributed by atoms with van der Waals surface area (Å²) in [7, 11) is 4.34. The molecule has 1 unspecified atom stereocenters. The van der Waals surface area contributed by atoms with Gasteiger partial charge in [-0.2, -0.15) is 8.78 Å². The molecule has 7 nitrogen and oxygen atoms in total. The van der Waals surface area contributed by atoms with Crippen LogP contribution in [0.25, 0.3) is 0 Å². The number of ether oxygens (including phenoxy) is 3. The molecule has 9 heteroatoms. The smallest absolute Gasteiger partial charge is 0.328 e. The predicted molar refractivity (Wildman–Crippen MR) is 117 cm³/mol. The fourth-order valence-electron chi connectivity index (χ4n) is 3.56. The Labute approximate surface area is 187 Å². The van der Waals surface area contributed by atoms with Crippen molar-refractivity contribution in [3.63, 3.8) is 0 Å². The molecule has 0 radical (unpaired) electrons. The Bertz CT molecular complexity index is 832. The van der Waals surface area contributed by atoms with Gasteiger partial charge in [-0.3, -0.25) is 9.59 Å². The van der Waals surface area contributed by atoms with Gasteiger partial charge in [0, 0.05) is 31.1 Å². The van der Waals surface area contributed by atoms with Crippen LogP contribution in [0.1, 0.15) is 43.5 Å². The summed E-state index contributed by atoms with van der Waals surface area (Å²) in [5, 5.41) is 2.82. The topological polar surface area (TPSA) is 77.1 Å². The van der Waals surface area contributed by atoms with Gasteiger partial charge in [0.05, 0.1) is 21.3 Å². The number of halogens is 2. The molecule has 0 aromatic heterocycles. The van der Waals surface area contributed by atoms with Crippen LogP contribution in [0.15, 0.2) is 24.3 Å². The van der Waals surface area contributed by atoms with E-state index >= 15 is 0 Å². The van der Waals surface area contributed by atoms with Crippen molar-refractivity contribution in [1.29, 1.82) is 0 Å². The first-order chi connectivity index (χ1) is 15.0. The van der Waals surface area contributed by atoms with Crippen LogP contribution >= 0.6 is 0 Å². The maximum absolute atomic E-state index is 14.5. The number of piperidine rings is 1. The molecule has 1 aromatic carbocycles. The summed E-state index contributed by atoms with van der Waals surface area (Å²) in [6.45, 7) is 7.42. The van der Waals surface area contributed by atoms with Crippen molar-refractivity contribution in [3.8, 4) is 17.2 Å². The molecule has 2 rings (SSSR count). The number of hydrogen-bond donors (Lipinski definition) is 1. The molecule has 2 amide bonds. The first-order valence-corrected chi connectivity index (χ1v) is 10.5. The molecule has 1 heterocycles. The highest BCUT2D eigenvalue weighted by Gasteiger charge is 2.43. The highest BCUT2D eigenvalue weighted by Crippen LogP contribution is 2.38. The van der Waals surface area contributed by atoms with E-state index in [4.69, 9.17) is 14.2 Å². The predicted octanol–water partition coefficient (Wildman–Crippen LogP) is 3.67. The quantitative estimate of drug-likeness (QED) is 0.576. The summed E-state index contributed by atoms with van der Waals surface area (Å²) >= 11 is 0. The van der Waals surface area contributed by atoms with Crippen LogP contribution in [0, 0.1) is 5.92 Å². The van der Waals surface area contributed by atoms with E-state index in [0.29, 0.717) is 35.7 Å². The highest BCUT2D eigenvalue weighted by atomic mass is 19.3. The molecule has 0 aliphatic carbocycles. The number of benzene rings is 1. The second-order valence-corrected chi connectivity index (χ2v) is 8.17. The van der Waals surface area contributed by atoms with Crippen molar-refractivity contribution in [2.24, 2.45) is 5.92 Å². The number of rotatable bonds is 9. The number of allylic oxidation sites excluding steroid dienone is 1. The van der Waals surface area contributed by atoms with E-state index in [2.05, 4.69) is 11.9 Å². The maximum atomic E-state index is 14.5. The third-order valence-electron chi connectivity index (χ3n) is 5.55. The summed E-state index contributed by atoms with van der Waals surface area (Å²) < 4.78 is 44.8. The SMILES string of the molecule is C=C(CC(F)(F)C(=O)N1CCCC(NC(=O)c2cc(OC)c(OC)c(OC)c2)C1)C(C)C. The van der Waals surface area contributed by atoms with E-state index in [0.717, 1.165) is 4.90 Å². The lowest BCUT2D eigenvalue weighted by Crippen LogP contribution is -2.53. The van der Waals surface area contributed by atoms with Crippen molar-refractivity contribution in [2.45, 2.75) is 45.1 Å². The molecule has 1 saturated heterocycles. The van der Waals surface area contributed by atoms with Crippen LogP contribution in [-0.2, 0) is 4.79 Å². The van der Waals surface area contributed by atoms with Gasteiger partial charge in [-0.1, -0.05) is 26.0 Å². The van der Waals surface area contributed by atoms with E-state index in [9.17, 15) is 18.4 Å². The lowest BCUT2D eigenvalue weighted by atomic mass is 9.97. The molecule has 1 aliphatic rings. The Morgan fingerprint density at radius 3 is 2.28 bits per heavy atom. The van der Waals surface area contributed by atoms with Gasteiger partial charge in [0.2, 0.25) is 5.75 Å². The second kappa shape index (κ2) is 10.7. The fraction of sp³-hybridized carbons (Fsp3) is 0.565. The number of carbonyl (C=O) groups is 2. The molecule has 0 bridgehead atoms. The molecular weight excluding hydrogens is 422 g/mol. The third-order valence-corrected chi connectivity index (χ3v) is 5.55. The molecule has 0 saturated carbocycles. The minimum atomic E-state index is -3.52. The fourth-order valence-corrected chi connectivity index (χ4v) is 3.56. The monoisotopic (exact) mass is 454 g/mol. The number of nitrogens with zero attached hydrogens (tertiary/aromatic N) is 1. The van der Waals surface area contributed by atoms with Crippen LogP contribution < -0.4 is 19.5 Å². The Hall–Kier alpha value is -2.84. The normalized spacial score (nSPS) is 16.5. The summed E-state index contributed by atoms with van der Waals surface area (Å²) in [5.41, 5.74) is 0.592. The van der Waals surface area contributed by atoms with Crippen molar-refractivity contribution in [3.05, 3.63) is 29.8 Å². The number of alkyl halides is 2. The van der Waals surface area contributed by atoms with E-state index in [1.54, 1.807) is 13.8 Å². The van der Waals surface area contributed by atoms with Crippen molar-refractivity contribution < 1.29 is 32.6 Å². The van der Waals surface area contributed by atoms with Crippen LogP contribution in [0.2, 0.25) is 0 Å². The molecule has 1 aromatic rings. The number of nitrogens with one attached hydrogen (secondary N) is 1. The van der Waals surface area contributed by atoms with Crippen LogP contribution in [0.5, 0.6) is 17.2 Å². The Balaban J connectivity index is 2.10. The average molecular weight is 455 g/mol. The molecule has 1 fully saturated rings. The number of likely N-dealkylation sites (tertiary alicyclic amines) is 1. The van der Waals surface area contributed by atoms with Crippen molar-refractivity contribution in [1.82, 2.24) is 10.2 Å². The average Bonchev–Trinajstić information content (AvgIpc) is 2.77. The maximum Gasteiger partial charge on any atom is 0.328 e. The third kappa shape index (κ3) is 5.89.